The van der Waals surface area contributed by atoms with Gasteiger partial charge in [0.25, 0.3) is 5.91 Å². The van der Waals surface area contributed by atoms with Crippen molar-refractivity contribution in [1.29, 1.82) is 0 Å². The van der Waals surface area contributed by atoms with Crippen molar-refractivity contribution in [1.82, 2.24) is 19.8 Å². The Hall–Kier alpha value is -2.19. The van der Waals surface area contributed by atoms with Gasteiger partial charge in [-0.3, -0.25) is 9.48 Å². The van der Waals surface area contributed by atoms with Crippen LogP contribution in [0.25, 0.3) is 0 Å². The molecule has 2 aromatic rings. The molecule has 0 bridgehead atoms. The fraction of sp³-hybridized carbons (Fsp3) is 0.333. The molecule has 0 saturated carbocycles. The molecule has 1 aromatic heterocycles. The molecular weight excluding hydrogens is 316 g/mol. The zero-order chi connectivity index (χ0) is 17.0. The van der Waals surface area contributed by atoms with E-state index in [4.69, 9.17) is 0 Å². The highest BCUT2D eigenvalue weighted by atomic mass is 32.2. The van der Waals surface area contributed by atoms with Gasteiger partial charge in [0.05, 0.1) is 11.9 Å². The third-order valence-electron chi connectivity index (χ3n) is 3.48. The third-order valence-corrected chi connectivity index (χ3v) is 4.82. The first kappa shape index (κ1) is 17.2. The lowest BCUT2D eigenvalue weighted by Gasteiger charge is -2.08. The number of nitrogens with zero attached hydrogens (tertiary/aromatic N) is 2. The minimum atomic E-state index is -3.28. The van der Waals surface area contributed by atoms with Crippen molar-refractivity contribution in [2.75, 3.05) is 7.05 Å². The summed E-state index contributed by atoms with van der Waals surface area (Å²) < 4.78 is 26.8. The van der Waals surface area contributed by atoms with Crippen molar-refractivity contribution in [3.05, 3.63) is 52.8 Å². The number of carbonyl (C=O) groups is 1. The molecule has 0 aliphatic carbocycles. The lowest BCUT2D eigenvalue weighted by atomic mass is 10.1. The second kappa shape index (κ2) is 6.93. The highest BCUT2D eigenvalue weighted by Crippen LogP contribution is 2.09. The van der Waals surface area contributed by atoms with Crippen LogP contribution in [0.3, 0.4) is 0 Å². The molecule has 0 aliphatic rings. The maximum atomic E-state index is 12.2. The average Bonchev–Trinajstić information content (AvgIpc) is 2.85. The average molecular weight is 336 g/mol. The Morgan fingerprint density at radius 2 is 1.83 bits per heavy atom. The molecule has 8 heteroatoms. The first-order valence-electron chi connectivity index (χ1n) is 7.08. The van der Waals surface area contributed by atoms with Crippen LogP contribution in [0.4, 0.5) is 0 Å². The van der Waals surface area contributed by atoms with Crippen LogP contribution in [0.1, 0.15) is 27.2 Å². The Kier molecular flexibility index (Phi) is 5.17. The van der Waals surface area contributed by atoms with E-state index in [1.165, 1.54) is 11.7 Å². The molecule has 1 aromatic carbocycles. The molecule has 1 amide bonds. The summed E-state index contributed by atoms with van der Waals surface area (Å²) in [5.74, 6) is -0.256. The van der Waals surface area contributed by atoms with Crippen molar-refractivity contribution in [2.24, 2.45) is 7.05 Å². The monoisotopic (exact) mass is 336 g/mol. The Bertz CT molecular complexity index is 775. The molecule has 2 N–H and O–H groups in total. The molecule has 0 atom stereocenters. The van der Waals surface area contributed by atoms with Crippen LogP contribution in [-0.4, -0.2) is 31.2 Å². The Labute approximate surface area is 135 Å². The number of hydrogen-bond acceptors (Lipinski definition) is 4. The maximum Gasteiger partial charge on any atom is 0.270 e. The first-order chi connectivity index (χ1) is 10.8. The number of nitrogens with one attached hydrogen (secondary N) is 2. The van der Waals surface area contributed by atoms with Gasteiger partial charge in [0, 0.05) is 13.6 Å². The number of benzene rings is 1. The molecule has 0 saturated heterocycles. The molecule has 2 rings (SSSR count). The molecule has 0 spiro atoms. The van der Waals surface area contributed by atoms with E-state index in [1.807, 2.05) is 6.92 Å². The summed E-state index contributed by atoms with van der Waals surface area (Å²) in [5, 5.41) is 6.87. The minimum Gasteiger partial charge on any atom is -0.347 e. The van der Waals surface area contributed by atoms with E-state index in [2.05, 4.69) is 15.1 Å². The van der Waals surface area contributed by atoms with E-state index in [0.29, 0.717) is 17.8 Å². The Morgan fingerprint density at radius 3 is 2.35 bits per heavy atom. The fourth-order valence-corrected chi connectivity index (χ4v) is 2.96. The van der Waals surface area contributed by atoms with Gasteiger partial charge in [-0.15, -0.1) is 0 Å². The highest BCUT2D eigenvalue weighted by molar-refractivity contribution is 7.88. The van der Waals surface area contributed by atoms with Gasteiger partial charge in [-0.25, -0.2) is 13.1 Å². The summed E-state index contributed by atoms with van der Waals surface area (Å²) in [6.45, 7) is 2.20. The van der Waals surface area contributed by atoms with E-state index in [1.54, 1.807) is 37.5 Å². The zero-order valence-electron chi connectivity index (χ0n) is 13.3. The van der Waals surface area contributed by atoms with Crippen LogP contribution in [0.5, 0.6) is 0 Å². The highest BCUT2D eigenvalue weighted by Gasteiger charge is 2.13. The molecule has 0 aliphatic heterocycles. The van der Waals surface area contributed by atoms with Crippen LogP contribution in [0.2, 0.25) is 0 Å². The number of rotatable bonds is 6. The second-order valence-corrected chi connectivity index (χ2v) is 7.19. The summed E-state index contributed by atoms with van der Waals surface area (Å²) in [6, 6.07) is 7.09. The zero-order valence-corrected chi connectivity index (χ0v) is 14.1. The fourth-order valence-electron chi connectivity index (χ4n) is 2.18. The van der Waals surface area contributed by atoms with Gasteiger partial charge in [0.15, 0.2) is 0 Å². The van der Waals surface area contributed by atoms with Gasteiger partial charge >= 0.3 is 0 Å². The number of carbonyl (C=O) groups excluding carboxylic acids is 1. The first-order valence-corrected chi connectivity index (χ1v) is 8.73. The minimum absolute atomic E-state index is 0.0651. The van der Waals surface area contributed by atoms with Crippen molar-refractivity contribution in [3.8, 4) is 0 Å². The van der Waals surface area contributed by atoms with E-state index in [0.717, 1.165) is 11.1 Å². The van der Waals surface area contributed by atoms with Crippen LogP contribution < -0.4 is 10.0 Å². The van der Waals surface area contributed by atoms with Gasteiger partial charge in [0.1, 0.15) is 5.69 Å². The normalized spacial score (nSPS) is 11.4. The lowest BCUT2D eigenvalue weighted by molar-refractivity contribution is 0.0941. The molecule has 23 heavy (non-hydrogen) atoms. The summed E-state index contributed by atoms with van der Waals surface area (Å²) >= 11 is 0. The maximum absolute atomic E-state index is 12.2. The number of aromatic nitrogens is 2. The topological polar surface area (TPSA) is 93.1 Å². The Morgan fingerprint density at radius 1 is 1.22 bits per heavy atom. The standard InChI is InChI=1S/C15H20N4O3S/c1-11-8-18-19(3)14(11)15(20)17-9-12-4-6-13(7-5-12)10-23(21,22)16-2/h4-8,16H,9-10H2,1-3H3,(H,17,20). The van der Waals surface area contributed by atoms with Crippen molar-refractivity contribution < 1.29 is 13.2 Å². The summed E-state index contributed by atoms with van der Waals surface area (Å²) in [4.78, 5) is 12.2. The summed E-state index contributed by atoms with van der Waals surface area (Å²) in [7, 11) is -0.170. The second-order valence-electron chi connectivity index (χ2n) is 5.26. The van der Waals surface area contributed by atoms with Gasteiger partial charge in [-0.1, -0.05) is 24.3 Å². The van der Waals surface area contributed by atoms with Gasteiger partial charge in [-0.05, 0) is 30.7 Å². The van der Waals surface area contributed by atoms with Gasteiger partial charge < -0.3 is 5.32 Å². The van der Waals surface area contributed by atoms with Gasteiger partial charge in [-0.2, -0.15) is 5.10 Å². The number of sulfonamides is 1. The van der Waals surface area contributed by atoms with E-state index >= 15 is 0 Å². The molecule has 0 fully saturated rings. The van der Waals surface area contributed by atoms with Gasteiger partial charge in [0.2, 0.25) is 10.0 Å². The van der Waals surface area contributed by atoms with Crippen molar-refractivity contribution >= 4 is 15.9 Å². The number of aryl methyl sites for hydroxylation is 2. The summed E-state index contributed by atoms with van der Waals surface area (Å²) in [5.41, 5.74) is 2.93. The SMILES string of the molecule is CNS(=O)(=O)Cc1ccc(CNC(=O)c2c(C)cnn2C)cc1. The van der Waals surface area contributed by atoms with Crippen LogP contribution in [-0.2, 0) is 29.4 Å². The molecular formula is C15H20N4O3S. The molecule has 0 unspecified atom stereocenters. The third kappa shape index (κ3) is 4.40. The van der Waals surface area contributed by atoms with Crippen LogP contribution >= 0.6 is 0 Å². The molecule has 0 radical (unpaired) electrons. The van der Waals surface area contributed by atoms with E-state index in [-0.39, 0.29) is 11.7 Å². The molecule has 124 valence electrons. The largest absolute Gasteiger partial charge is 0.347 e. The smallest absolute Gasteiger partial charge is 0.270 e. The van der Waals surface area contributed by atoms with Crippen molar-refractivity contribution in [3.63, 3.8) is 0 Å². The predicted octanol–water partition coefficient (Wildman–Crippen LogP) is 0.708. The van der Waals surface area contributed by atoms with E-state index in [9.17, 15) is 13.2 Å². The van der Waals surface area contributed by atoms with Crippen LogP contribution in [0, 0.1) is 6.92 Å². The lowest BCUT2D eigenvalue weighted by Crippen LogP contribution is -2.25. The van der Waals surface area contributed by atoms with Crippen molar-refractivity contribution in [2.45, 2.75) is 19.2 Å². The number of amides is 1. The van der Waals surface area contributed by atoms with E-state index < -0.39 is 10.0 Å². The number of hydrogen-bond donors (Lipinski definition) is 2. The molecule has 7 nitrogen and oxygen atoms in total. The van der Waals surface area contributed by atoms with Crippen LogP contribution in [0.15, 0.2) is 30.5 Å². The molecule has 1 heterocycles. The predicted molar refractivity (Wildman–Crippen MR) is 87.2 cm³/mol. The summed E-state index contributed by atoms with van der Waals surface area (Å²) in [6.07, 6.45) is 1.64. The quantitative estimate of drug-likeness (QED) is 0.812. The Balaban J connectivity index is 1.98.